The number of carboxylic acid groups (broad SMARTS) is 1. The van der Waals surface area contributed by atoms with E-state index in [9.17, 15) is 22.4 Å². The van der Waals surface area contributed by atoms with E-state index in [4.69, 9.17) is 10.4 Å². The second-order valence-electron chi connectivity index (χ2n) is 2.79. The van der Waals surface area contributed by atoms with Crippen LogP contribution in [0.1, 0.15) is 11.1 Å². The maximum Gasteiger partial charge on any atom is 0.308 e. The van der Waals surface area contributed by atoms with Gasteiger partial charge in [0, 0.05) is 5.56 Å². The molecule has 0 amide bonds. The normalized spacial score (nSPS) is 9.94. The van der Waals surface area contributed by atoms with Crippen molar-refractivity contribution in [3.8, 4) is 6.07 Å². The fourth-order valence-electron chi connectivity index (χ4n) is 1.08. The Morgan fingerprint density at radius 1 is 1.12 bits per heavy atom. The summed E-state index contributed by atoms with van der Waals surface area (Å²) in [6, 6.07) is 0.948. The number of hydrogen-bond donors (Lipinski definition) is 1. The number of aliphatic carboxylic acids is 1. The molecule has 7 heteroatoms. The summed E-state index contributed by atoms with van der Waals surface area (Å²) in [7, 11) is 0. The van der Waals surface area contributed by atoms with Gasteiger partial charge in [0.15, 0.2) is 23.3 Å². The summed E-state index contributed by atoms with van der Waals surface area (Å²) in [6.07, 6.45) is -1.21. The third-order valence-electron chi connectivity index (χ3n) is 1.79. The summed E-state index contributed by atoms with van der Waals surface area (Å²) in [4.78, 5) is 10.2. The van der Waals surface area contributed by atoms with Crippen LogP contribution in [0.5, 0.6) is 0 Å². The standard InChI is InChI=1S/C9H3F4NO2/c10-6-3(1-5(15)16)7(11)9(13)4(2-14)8(6)12/h1H2,(H,15,16). The van der Waals surface area contributed by atoms with Gasteiger partial charge in [0.2, 0.25) is 0 Å². The van der Waals surface area contributed by atoms with Crippen molar-refractivity contribution in [1.29, 1.82) is 5.26 Å². The van der Waals surface area contributed by atoms with Crippen LogP contribution in [0.2, 0.25) is 0 Å². The zero-order valence-corrected chi connectivity index (χ0v) is 7.52. The quantitative estimate of drug-likeness (QED) is 0.625. The van der Waals surface area contributed by atoms with Crippen LogP contribution in [0, 0.1) is 34.6 Å². The van der Waals surface area contributed by atoms with Crippen molar-refractivity contribution in [2.45, 2.75) is 6.42 Å². The zero-order valence-electron chi connectivity index (χ0n) is 7.52. The molecule has 1 N–H and O–H groups in total. The van der Waals surface area contributed by atoms with Crippen molar-refractivity contribution >= 4 is 5.97 Å². The van der Waals surface area contributed by atoms with E-state index in [1.54, 1.807) is 0 Å². The van der Waals surface area contributed by atoms with Crippen molar-refractivity contribution in [2.24, 2.45) is 0 Å². The molecule has 0 heterocycles. The maximum absolute atomic E-state index is 13.1. The molecule has 0 saturated carbocycles. The van der Waals surface area contributed by atoms with Gasteiger partial charge in [-0.05, 0) is 0 Å². The molecule has 0 aliphatic heterocycles. The van der Waals surface area contributed by atoms with E-state index >= 15 is 0 Å². The number of nitriles is 1. The van der Waals surface area contributed by atoms with Crippen LogP contribution in [0.4, 0.5) is 17.6 Å². The molecule has 16 heavy (non-hydrogen) atoms. The summed E-state index contributed by atoms with van der Waals surface area (Å²) in [5.74, 6) is -9.16. The van der Waals surface area contributed by atoms with Crippen LogP contribution in [0.15, 0.2) is 0 Å². The monoisotopic (exact) mass is 233 g/mol. The number of nitrogens with zero attached hydrogens (tertiary/aromatic N) is 1. The Kier molecular flexibility index (Phi) is 3.13. The molecule has 0 aliphatic carbocycles. The van der Waals surface area contributed by atoms with Crippen molar-refractivity contribution < 1.29 is 27.5 Å². The molecule has 0 aromatic heterocycles. The van der Waals surface area contributed by atoms with Crippen LogP contribution in [-0.4, -0.2) is 11.1 Å². The van der Waals surface area contributed by atoms with Gasteiger partial charge in [0.05, 0.1) is 6.42 Å². The summed E-state index contributed by atoms with van der Waals surface area (Å²) >= 11 is 0. The van der Waals surface area contributed by atoms with Gasteiger partial charge in [0.1, 0.15) is 11.6 Å². The lowest BCUT2D eigenvalue weighted by Gasteiger charge is -2.06. The van der Waals surface area contributed by atoms with Gasteiger partial charge in [-0.3, -0.25) is 4.79 Å². The molecule has 1 aromatic rings. The lowest BCUT2D eigenvalue weighted by atomic mass is 10.1. The van der Waals surface area contributed by atoms with Gasteiger partial charge in [-0.15, -0.1) is 0 Å². The first-order chi connectivity index (χ1) is 7.40. The fourth-order valence-corrected chi connectivity index (χ4v) is 1.08. The van der Waals surface area contributed by atoms with Crippen molar-refractivity contribution in [1.82, 2.24) is 0 Å². The topological polar surface area (TPSA) is 61.1 Å². The summed E-state index contributed by atoms with van der Waals surface area (Å²) < 4.78 is 52.0. The van der Waals surface area contributed by atoms with Crippen LogP contribution in [-0.2, 0) is 11.2 Å². The van der Waals surface area contributed by atoms with Crippen molar-refractivity contribution in [2.75, 3.05) is 0 Å². The van der Waals surface area contributed by atoms with Crippen molar-refractivity contribution in [3.63, 3.8) is 0 Å². The second-order valence-corrected chi connectivity index (χ2v) is 2.79. The van der Waals surface area contributed by atoms with E-state index in [1.165, 1.54) is 0 Å². The average molecular weight is 233 g/mol. The molecular formula is C9H3F4NO2. The number of hydrogen-bond acceptors (Lipinski definition) is 2. The highest BCUT2D eigenvalue weighted by Crippen LogP contribution is 2.23. The summed E-state index contributed by atoms with van der Waals surface area (Å²) in [6.45, 7) is 0. The third-order valence-corrected chi connectivity index (χ3v) is 1.79. The first kappa shape index (κ1) is 12.0. The molecule has 0 saturated heterocycles. The van der Waals surface area contributed by atoms with Gasteiger partial charge in [0.25, 0.3) is 0 Å². The molecule has 84 valence electrons. The first-order valence-corrected chi connectivity index (χ1v) is 3.86. The molecular weight excluding hydrogens is 230 g/mol. The van der Waals surface area contributed by atoms with Gasteiger partial charge in [-0.1, -0.05) is 0 Å². The van der Waals surface area contributed by atoms with Crippen LogP contribution >= 0.6 is 0 Å². The Morgan fingerprint density at radius 2 is 1.56 bits per heavy atom. The highest BCUT2D eigenvalue weighted by atomic mass is 19.2. The average Bonchev–Trinajstić information content (AvgIpc) is 2.22. The molecule has 3 nitrogen and oxygen atoms in total. The summed E-state index contributed by atoms with van der Waals surface area (Å²) in [5, 5.41) is 16.5. The maximum atomic E-state index is 13.1. The smallest absolute Gasteiger partial charge is 0.308 e. The second kappa shape index (κ2) is 4.18. The van der Waals surface area contributed by atoms with Crippen LogP contribution < -0.4 is 0 Å². The SMILES string of the molecule is N#Cc1c(F)c(F)c(CC(=O)O)c(F)c1F. The van der Waals surface area contributed by atoms with Crippen LogP contribution in [0.3, 0.4) is 0 Å². The molecule has 0 fully saturated rings. The molecule has 0 radical (unpaired) electrons. The minimum atomic E-state index is -1.89. The number of rotatable bonds is 2. The molecule has 0 bridgehead atoms. The Hall–Kier alpha value is -2.10. The largest absolute Gasteiger partial charge is 0.481 e. The number of benzene rings is 1. The van der Waals surface area contributed by atoms with Gasteiger partial charge < -0.3 is 5.11 Å². The highest BCUT2D eigenvalue weighted by molar-refractivity contribution is 5.70. The predicted octanol–water partition coefficient (Wildman–Crippen LogP) is 1.74. The van der Waals surface area contributed by atoms with E-state index in [0.29, 0.717) is 0 Å². The zero-order chi connectivity index (χ0) is 12.5. The molecule has 0 atom stereocenters. The number of halogens is 4. The van der Waals surface area contributed by atoms with Crippen molar-refractivity contribution in [3.05, 3.63) is 34.4 Å². The van der Waals surface area contributed by atoms with E-state index in [2.05, 4.69) is 0 Å². The Balaban J connectivity index is 3.55. The predicted molar refractivity (Wildman–Crippen MR) is 42.3 cm³/mol. The summed E-state index contributed by atoms with van der Waals surface area (Å²) in [5.41, 5.74) is -2.66. The molecule has 0 spiro atoms. The number of carboxylic acids is 1. The van der Waals surface area contributed by atoms with E-state index in [1.807, 2.05) is 0 Å². The number of carbonyl (C=O) groups is 1. The Labute approximate surface area is 86.5 Å². The van der Waals surface area contributed by atoms with E-state index in [0.717, 1.165) is 6.07 Å². The fraction of sp³-hybridized carbons (Fsp3) is 0.111. The molecule has 1 aromatic carbocycles. The van der Waals surface area contributed by atoms with E-state index < -0.39 is 46.8 Å². The lowest BCUT2D eigenvalue weighted by Crippen LogP contribution is -2.11. The minimum absolute atomic E-state index is 0.948. The van der Waals surface area contributed by atoms with Gasteiger partial charge in [-0.25, -0.2) is 17.6 Å². The molecule has 0 unspecified atom stereocenters. The van der Waals surface area contributed by atoms with Gasteiger partial charge >= 0.3 is 5.97 Å². The Bertz CT molecular complexity index is 478. The highest BCUT2D eigenvalue weighted by Gasteiger charge is 2.26. The van der Waals surface area contributed by atoms with Gasteiger partial charge in [-0.2, -0.15) is 5.26 Å². The third kappa shape index (κ3) is 1.82. The first-order valence-electron chi connectivity index (χ1n) is 3.86. The molecule has 1 rings (SSSR count). The minimum Gasteiger partial charge on any atom is -0.481 e. The van der Waals surface area contributed by atoms with E-state index in [-0.39, 0.29) is 0 Å². The Morgan fingerprint density at radius 3 is 1.88 bits per heavy atom. The lowest BCUT2D eigenvalue weighted by molar-refractivity contribution is -0.136. The molecule has 0 aliphatic rings. The van der Waals surface area contributed by atoms with Crippen LogP contribution in [0.25, 0.3) is 0 Å².